The molecule has 2 aromatic rings. The summed E-state index contributed by atoms with van der Waals surface area (Å²) in [5.41, 5.74) is 4.58. The van der Waals surface area contributed by atoms with Crippen molar-refractivity contribution < 1.29 is 0 Å². The molecule has 100 valence electrons. The van der Waals surface area contributed by atoms with Crippen LogP contribution in [0.3, 0.4) is 0 Å². The number of hydrogen-bond acceptors (Lipinski definition) is 3. The van der Waals surface area contributed by atoms with E-state index in [-0.39, 0.29) is 0 Å². The lowest BCUT2D eigenvalue weighted by Gasteiger charge is -2.13. The van der Waals surface area contributed by atoms with Gasteiger partial charge in [0.1, 0.15) is 5.82 Å². The van der Waals surface area contributed by atoms with Crippen LogP contribution >= 0.6 is 22.6 Å². The van der Waals surface area contributed by atoms with Gasteiger partial charge in [0.15, 0.2) is 5.82 Å². The van der Waals surface area contributed by atoms with Gasteiger partial charge in [-0.15, -0.1) is 0 Å². The van der Waals surface area contributed by atoms with Crippen molar-refractivity contribution in [2.45, 2.75) is 27.7 Å². The van der Waals surface area contributed by atoms with Crippen LogP contribution in [0.2, 0.25) is 0 Å². The van der Waals surface area contributed by atoms with Crippen LogP contribution in [-0.4, -0.2) is 16.5 Å². The number of benzene rings is 1. The largest absolute Gasteiger partial charge is 0.369 e. The van der Waals surface area contributed by atoms with Crippen molar-refractivity contribution >= 4 is 28.4 Å². The Morgan fingerprint density at radius 1 is 1.11 bits per heavy atom. The van der Waals surface area contributed by atoms with Crippen molar-refractivity contribution in [1.82, 2.24) is 9.97 Å². The zero-order valence-electron chi connectivity index (χ0n) is 11.7. The number of hydrogen-bond donors (Lipinski definition) is 1. The van der Waals surface area contributed by atoms with Gasteiger partial charge in [0.05, 0.1) is 9.26 Å². The summed E-state index contributed by atoms with van der Waals surface area (Å²) < 4.78 is 1.09. The van der Waals surface area contributed by atoms with Gasteiger partial charge in [0.25, 0.3) is 0 Å². The molecule has 0 amide bonds. The van der Waals surface area contributed by atoms with Gasteiger partial charge < -0.3 is 5.32 Å². The molecule has 0 atom stereocenters. The third kappa shape index (κ3) is 2.88. The van der Waals surface area contributed by atoms with Gasteiger partial charge in [-0.05, 0) is 61.4 Å². The van der Waals surface area contributed by atoms with Gasteiger partial charge in [-0.2, -0.15) is 0 Å². The molecule has 0 spiro atoms. The lowest BCUT2D eigenvalue weighted by molar-refractivity contribution is 1.06. The Hall–Kier alpha value is -1.17. The summed E-state index contributed by atoms with van der Waals surface area (Å²) >= 11 is 2.29. The Kier molecular flexibility index (Phi) is 4.39. The topological polar surface area (TPSA) is 37.8 Å². The summed E-state index contributed by atoms with van der Waals surface area (Å²) in [6.45, 7) is 9.17. The third-order valence-electron chi connectivity index (χ3n) is 3.07. The maximum Gasteiger partial charge on any atom is 0.162 e. The zero-order valence-corrected chi connectivity index (χ0v) is 13.9. The SMILES string of the molecule is CCNc1nc(-c2c(C)cccc2C)nc(C)c1I. The molecule has 3 nitrogen and oxygen atoms in total. The van der Waals surface area contributed by atoms with Crippen molar-refractivity contribution in [1.29, 1.82) is 0 Å². The van der Waals surface area contributed by atoms with Crippen molar-refractivity contribution in [3.63, 3.8) is 0 Å². The molecule has 0 bridgehead atoms. The number of halogens is 1. The van der Waals surface area contributed by atoms with Crippen molar-refractivity contribution in [2.24, 2.45) is 0 Å². The number of aryl methyl sites for hydroxylation is 3. The molecular weight excluding hydrogens is 349 g/mol. The van der Waals surface area contributed by atoms with Gasteiger partial charge in [-0.25, -0.2) is 9.97 Å². The fourth-order valence-corrected chi connectivity index (χ4v) is 2.55. The summed E-state index contributed by atoms with van der Waals surface area (Å²) in [6, 6.07) is 6.27. The number of rotatable bonds is 3. The third-order valence-corrected chi connectivity index (χ3v) is 4.36. The highest BCUT2D eigenvalue weighted by Gasteiger charge is 2.13. The minimum Gasteiger partial charge on any atom is -0.369 e. The molecule has 2 rings (SSSR count). The second-order valence-electron chi connectivity index (χ2n) is 4.59. The molecule has 1 aromatic carbocycles. The number of nitrogens with one attached hydrogen (secondary N) is 1. The van der Waals surface area contributed by atoms with Gasteiger partial charge >= 0.3 is 0 Å². The fourth-order valence-electron chi connectivity index (χ4n) is 2.12. The second-order valence-corrected chi connectivity index (χ2v) is 5.67. The van der Waals surface area contributed by atoms with Crippen LogP contribution in [0.15, 0.2) is 18.2 Å². The normalized spacial score (nSPS) is 10.6. The first-order valence-corrected chi connectivity index (χ1v) is 7.47. The number of aromatic nitrogens is 2. The van der Waals surface area contributed by atoms with Crippen LogP contribution in [0.4, 0.5) is 5.82 Å². The molecule has 0 radical (unpaired) electrons. The molecule has 0 aliphatic heterocycles. The van der Waals surface area contributed by atoms with Gasteiger partial charge in [-0.1, -0.05) is 18.2 Å². The van der Waals surface area contributed by atoms with E-state index >= 15 is 0 Å². The number of anilines is 1. The summed E-state index contributed by atoms with van der Waals surface area (Å²) in [5.74, 6) is 1.73. The molecule has 1 aromatic heterocycles. The maximum absolute atomic E-state index is 4.69. The van der Waals surface area contributed by atoms with E-state index in [1.165, 1.54) is 11.1 Å². The second kappa shape index (κ2) is 5.86. The fraction of sp³-hybridized carbons (Fsp3) is 0.333. The van der Waals surface area contributed by atoms with E-state index in [2.05, 4.69) is 76.8 Å². The van der Waals surface area contributed by atoms with Crippen molar-refractivity contribution in [2.75, 3.05) is 11.9 Å². The summed E-state index contributed by atoms with van der Waals surface area (Å²) in [7, 11) is 0. The zero-order chi connectivity index (χ0) is 14.0. The highest BCUT2D eigenvalue weighted by atomic mass is 127. The Bertz CT molecular complexity index is 588. The monoisotopic (exact) mass is 367 g/mol. The lowest BCUT2D eigenvalue weighted by atomic mass is 10.0. The van der Waals surface area contributed by atoms with E-state index in [0.29, 0.717) is 0 Å². The van der Waals surface area contributed by atoms with E-state index in [1.807, 2.05) is 6.92 Å². The van der Waals surface area contributed by atoms with Gasteiger partial charge in [0, 0.05) is 12.1 Å². The summed E-state index contributed by atoms with van der Waals surface area (Å²) in [4.78, 5) is 9.33. The molecule has 0 saturated carbocycles. The Labute approximate surface area is 128 Å². The van der Waals surface area contributed by atoms with Crippen LogP contribution in [0.1, 0.15) is 23.7 Å². The van der Waals surface area contributed by atoms with E-state index in [0.717, 1.165) is 33.0 Å². The van der Waals surface area contributed by atoms with Crippen LogP contribution in [-0.2, 0) is 0 Å². The van der Waals surface area contributed by atoms with E-state index in [9.17, 15) is 0 Å². The Morgan fingerprint density at radius 2 is 1.74 bits per heavy atom. The molecule has 0 unspecified atom stereocenters. The molecule has 1 heterocycles. The van der Waals surface area contributed by atoms with Crippen LogP contribution in [0.25, 0.3) is 11.4 Å². The smallest absolute Gasteiger partial charge is 0.162 e. The molecule has 4 heteroatoms. The summed E-state index contributed by atoms with van der Waals surface area (Å²) in [5, 5.41) is 3.31. The van der Waals surface area contributed by atoms with Crippen molar-refractivity contribution in [3.8, 4) is 11.4 Å². The highest BCUT2D eigenvalue weighted by molar-refractivity contribution is 14.1. The van der Waals surface area contributed by atoms with Crippen molar-refractivity contribution in [3.05, 3.63) is 38.6 Å². The van der Waals surface area contributed by atoms with Crippen LogP contribution in [0.5, 0.6) is 0 Å². The predicted octanol–water partition coefficient (Wildman–Crippen LogP) is 4.11. The molecular formula is C15H18IN3. The highest BCUT2D eigenvalue weighted by Crippen LogP contribution is 2.27. The van der Waals surface area contributed by atoms with Crippen LogP contribution in [0, 0.1) is 24.3 Å². The molecule has 0 fully saturated rings. The molecule has 0 aliphatic rings. The maximum atomic E-state index is 4.69. The predicted molar refractivity (Wildman–Crippen MR) is 88.6 cm³/mol. The first-order chi connectivity index (χ1) is 9.04. The van der Waals surface area contributed by atoms with Crippen LogP contribution < -0.4 is 5.32 Å². The first kappa shape index (κ1) is 14.2. The average molecular weight is 367 g/mol. The standard InChI is InChI=1S/C15H18IN3/c1-5-17-15-13(16)11(4)18-14(19-15)12-9(2)7-6-8-10(12)3/h6-8H,5H2,1-4H3,(H,17,18,19). The van der Waals surface area contributed by atoms with E-state index in [4.69, 9.17) is 0 Å². The quantitative estimate of drug-likeness (QED) is 0.830. The molecule has 1 N–H and O–H groups in total. The number of nitrogens with zero attached hydrogens (tertiary/aromatic N) is 2. The van der Waals surface area contributed by atoms with E-state index < -0.39 is 0 Å². The average Bonchev–Trinajstić information content (AvgIpc) is 2.35. The Balaban J connectivity index is 2.63. The lowest BCUT2D eigenvalue weighted by Crippen LogP contribution is -2.07. The minimum absolute atomic E-state index is 0.810. The molecule has 0 aliphatic carbocycles. The Morgan fingerprint density at radius 3 is 2.32 bits per heavy atom. The molecule has 0 saturated heterocycles. The summed E-state index contributed by atoms with van der Waals surface area (Å²) in [6.07, 6.45) is 0. The van der Waals surface area contributed by atoms with Gasteiger partial charge in [0.2, 0.25) is 0 Å². The molecule has 19 heavy (non-hydrogen) atoms. The minimum atomic E-state index is 0.810. The first-order valence-electron chi connectivity index (χ1n) is 6.39. The van der Waals surface area contributed by atoms with Gasteiger partial charge in [-0.3, -0.25) is 0 Å². The van der Waals surface area contributed by atoms with E-state index in [1.54, 1.807) is 0 Å².